The number of rotatable bonds is 9. The number of aromatic nitrogens is 4. The Morgan fingerprint density at radius 1 is 1.17 bits per heavy atom. The SMILES string of the molecule is CCOc1ccc(OCC)c(NC(=O)CCc2c(C)nc3nc(CN)nn3c2C)c1. The zero-order valence-corrected chi connectivity index (χ0v) is 17.9. The van der Waals surface area contributed by atoms with E-state index < -0.39 is 0 Å². The Hall–Kier alpha value is -3.20. The first kappa shape index (κ1) is 21.5. The molecule has 0 aliphatic carbocycles. The van der Waals surface area contributed by atoms with Crippen LogP contribution >= 0.6 is 0 Å². The van der Waals surface area contributed by atoms with Crippen LogP contribution in [0.3, 0.4) is 0 Å². The number of carbonyl (C=O) groups is 1. The van der Waals surface area contributed by atoms with Crippen molar-refractivity contribution in [2.75, 3.05) is 18.5 Å². The highest BCUT2D eigenvalue weighted by molar-refractivity contribution is 5.92. The fourth-order valence-corrected chi connectivity index (χ4v) is 3.29. The number of ether oxygens (including phenoxy) is 2. The molecule has 9 heteroatoms. The van der Waals surface area contributed by atoms with E-state index in [-0.39, 0.29) is 18.9 Å². The second-order valence-electron chi connectivity index (χ2n) is 6.78. The van der Waals surface area contributed by atoms with Crippen molar-refractivity contribution in [3.63, 3.8) is 0 Å². The largest absolute Gasteiger partial charge is 0.494 e. The Morgan fingerprint density at radius 3 is 2.63 bits per heavy atom. The van der Waals surface area contributed by atoms with Crippen LogP contribution < -0.4 is 20.5 Å². The van der Waals surface area contributed by atoms with Crippen molar-refractivity contribution >= 4 is 17.4 Å². The van der Waals surface area contributed by atoms with Crippen LogP contribution in [0.5, 0.6) is 11.5 Å². The summed E-state index contributed by atoms with van der Waals surface area (Å²) in [6.07, 6.45) is 0.817. The van der Waals surface area contributed by atoms with E-state index in [2.05, 4.69) is 20.4 Å². The molecular formula is C21H28N6O3. The number of fused-ring (bicyclic) bond motifs is 1. The van der Waals surface area contributed by atoms with Crippen molar-refractivity contribution in [2.24, 2.45) is 5.73 Å². The molecule has 0 spiro atoms. The lowest BCUT2D eigenvalue weighted by molar-refractivity contribution is -0.116. The molecule has 1 aromatic carbocycles. The summed E-state index contributed by atoms with van der Waals surface area (Å²) in [6.45, 7) is 8.97. The number of anilines is 1. The minimum atomic E-state index is -0.121. The average Bonchev–Trinajstić information content (AvgIpc) is 3.13. The number of hydrogen-bond donors (Lipinski definition) is 2. The molecule has 0 bridgehead atoms. The number of benzene rings is 1. The number of hydrogen-bond acceptors (Lipinski definition) is 7. The number of amides is 1. The fourth-order valence-electron chi connectivity index (χ4n) is 3.29. The van der Waals surface area contributed by atoms with Crippen LogP contribution in [-0.2, 0) is 17.8 Å². The monoisotopic (exact) mass is 412 g/mol. The van der Waals surface area contributed by atoms with E-state index in [1.54, 1.807) is 16.6 Å². The Kier molecular flexibility index (Phi) is 6.83. The van der Waals surface area contributed by atoms with Crippen molar-refractivity contribution < 1.29 is 14.3 Å². The molecule has 3 aromatic rings. The van der Waals surface area contributed by atoms with Gasteiger partial charge in [-0.25, -0.2) is 9.50 Å². The summed E-state index contributed by atoms with van der Waals surface area (Å²) in [4.78, 5) is 21.5. The van der Waals surface area contributed by atoms with Crippen LogP contribution in [0.1, 0.15) is 43.0 Å². The summed E-state index contributed by atoms with van der Waals surface area (Å²) >= 11 is 0. The van der Waals surface area contributed by atoms with Crippen molar-refractivity contribution in [2.45, 2.75) is 47.1 Å². The first-order valence-electron chi connectivity index (χ1n) is 10.1. The van der Waals surface area contributed by atoms with Gasteiger partial charge in [0.1, 0.15) is 11.5 Å². The third-order valence-electron chi connectivity index (χ3n) is 4.71. The molecule has 160 valence electrons. The number of aryl methyl sites for hydroxylation is 2. The molecule has 0 saturated heterocycles. The Bertz CT molecular complexity index is 1050. The van der Waals surface area contributed by atoms with Gasteiger partial charge in [0.25, 0.3) is 5.78 Å². The average molecular weight is 412 g/mol. The molecule has 3 N–H and O–H groups in total. The van der Waals surface area contributed by atoms with Gasteiger partial charge in [0, 0.05) is 23.9 Å². The van der Waals surface area contributed by atoms with Gasteiger partial charge in [-0.3, -0.25) is 4.79 Å². The smallest absolute Gasteiger partial charge is 0.252 e. The summed E-state index contributed by atoms with van der Waals surface area (Å²) < 4.78 is 12.8. The van der Waals surface area contributed by atoms with Crippen molar-refractivity contribution in [1.29, 1.82) is 0 Å². The van der Waals surface area contributed by atoms with E-state index in [1.165, 1.54) is 0 Å². The molecule has 0 saturated carbocycles. The predicted octanol–water partition coefficient (Wildman–Crippen LogP) is 2.57. The van der Waals surface area contributed by atoms with E-state index in [1.807, 2.05) is 33.8 Å². The lowest BCUT2D eigenvalue weighted by Crippen LogP contribution is -2.15. The van der Waals surface area contributed by atoms with Crippen LogP contribution in [-0.4, -0.2) is 38.7 Å². The maximum atomic E-state index is 12.7. The van der Waals surface area contributed by atoms with Gasteiger partial charge in [0.2, 0.25) is 5.91 Å². The molecule has 0 fully saturated rings. The van der Waals surface area contributed by atoms with Crippen molar-refractivity contribution in [3.05, 3.63) is 41.0 Å². The number of nitrogens with zero attached hydrogens (tertiary/aromatic N) is 4. The number of nitrogens with one attached hydrogen (secondary N) is 1. The summed E-state index contributed by atoms with van der Waals surface area (Å²) in [5.41, 5.74) is 8.94. The normalized spacial score (nSPS) is 11.0. The van der Waals surface area contributed by atoms with Gasteiger partial charge in [0.05, 0.1) is 25.4 Å². The number of carbonyl (C=O) groups excluding carboxylic acids is 1. The van der Waals surface area contributed by atoms with Gasteiger partial charge in [-0.05, 0) is 51.8 Å². The van der Waals surface area contributed by atoms with Crippen LogP contribution in [0.2, 0.25) is 0 Å². The molecule has 0 aliphatic rings. The molecule has 2 aromatic heterocycles. The predicted molar refractivity (Wildman–Crippen MR) is 114 cm³/mol. The molecule has 9 nitrogen and oxygen atoms in total. The molecule has 0 atom stereocenters. The molecule has 0 aliphatic heterocycles. The Morgan fingerprint density at radius 2 is 1.93 bits per heavy atom. The van der Waals surface area contributed by atoms with Crippen molar-refractivity contribution in [3.8, 4) is 11.5 Å². The van der Waals surface area contributed by atoms with E-state index in [4.69, 9.17) is 15.2 Å². The minimum absolute atomic E-state index is 0.121. The molecular weight excluding hydrogens is 384 g/mol. The second kappa shape index (κ2) is 9.53. The number of nitrogens with two attached hydrogens (primary N) is 1. The molecule has 3 rings (SSSR count). The third kappa shape index (κ3) is 4.68. The van der Waals surface area contributed by atoms with E-state index >= 15 is 0 Å². The fraction of sp³-hybridized carbons (Fsp3) is 0.429. The van der Waals surface area contributed by atoms with Crippen LogP contribution in [0.25, 0.3) is 5.78 Å². The summed E-state index contributed by atoms with van der Waals surface area (Å²) in [7, 11) is 0. The zero-order valence-electron chi connectivity index (χ0n) is 17.9. The standard InChI is InChI=1S/C21H28N6O3/c1-5-29-15-7-9-18(30-6-2)17(11-15)24-20(28)10-8-16-13(3)23-21-25-19(12-22)26-27(21)14(16)4/h7,9,11H,5-6,8,10,12,22H2,1-4H3,(H,24,28). The molecule has 0 unspecified atom stereocenters. The highest BCUT2D eigenvalue weighted by Crippen LogP contribution is 2.29. The van der Waals surface area contributed by atoms with E-state index in [0.29, 0.717) is 48.4 Å². The first-order chi connectivity index (χ1) is 14.5. The van der Waals surface area contributed by atoms with Crippen LogP contribution in [0, 0.1) is 13.8 Å². The van der Waals surface area contributed by atoms with Crippen LogP contribution in [0.4, 0.5) is 5.69 Å². The third-order valence-corrected chi connectivity index (χ3v) is 4.71. The zero-order chi connectivity index (χ0) is 21.7. The molecule has 0 radical (unpaired) electrons. The second-order valence-corrected chi connectivity index (χ2v) is 6.78. The summed E-state index contributed by atoms with van der Waals surface area (Å²) in [5.74, 6) is 2.23. The Balaban J connectivity index is 1.75. The highest BCUT2D eigenvalue weighted by Gasteiger charge is 2.15. The molecule has 1 amide bonds. The van der Waals surface area contributed by atoms with Gasteiger partial charge in [-0.15, -0.1) is 5.10 Å². The lowest BCUT2D eigenvalue weighted by atomic mass is 10.1. The van der Waals surface area contributed by atoms with Crippen molar-refractivity contribution in [1.82, 2.24) is 19.6 Å². The summed E-state index contributed by atoms with van der Waals surface area (Å²) in [6, 6.07) is 5.40. The maximum absolute atomic E-state index is 12.7. The molecule has 2 heterocycles. The molecule has 30 heavy (non-hydrogen) atoms. The van der Waals surface area contributed by atoms with Gasteiger partial charge in [-0.1, -0.05) is 0 Å². The first-order valence-corrected chi connectivity index (χ1v) is 10.1. The Labute approximate surface area is 175 Å². The van der Waals surface area contributed by atoms with Gasteiger partial charge in [-0.2, -0.15) is 4.98 Å². The van der Waals surface area contributed by atoms with E-state index in [9.17, 15) is 4.79 Å². The quantitative estimate of drug-likeness (QED) is 0.555. The van der Waals surface area contributed by atoms with Gasteiger partial charge >= 0.3 is 0 Å². The topological polar surface area (TPSA) is 117 Å². The summed E-state index contributed by atoms with van der Waals surface area (Å²) in [5, 5.41) is 7.31. The van der Waals surface area contributed by atoms with Crippen LogP contribution in [0.15, 0.2) is 18.2 Å². The van der Waals surface area contributed by atoms with Gasteiger partial charge < -0.3 is 20.5 Å². The lowest BCUT2D eigenvalue weighted by Gasteiger charge is -2.14. The van der Waals surface area contributed by atoms with Gasteiger partial charge in [0.15, 0.2) is 5.82 Å². The maximum Gasteiger partial charge on any atom is 0.252 e. The van der Waals surface area contributed by atoms with E-state index in [0.717, 1.165) is 17.0 Å². The minimum Gasteiger partial charge on any atom is -0.494 e. The highest BCUT2D eigenvalue weighted by atomic mass is 16.5.